The van der Waals surface area contributed by atoms with Crippen molar-refractivity contribution in [3.63, 3.8) is 0 Å². The number of ether oxygens (including phenoxy) is 1. The Morgan fingerprint density at radius 2 is 1.83 bits per heavy atom. The Morgan fingerprint density at radius 1 is 1.17 bits per heavy atom. The van der Waals surface area contributed by atoms with Crippen LogP contribution in [0.5, 0.6) is 0 Å². The van der Waals surface area contributed by atoms with Crippen LogP contribution in [0.4, 0.5) is 0 Å². The molecule has 0 aliphatic carbocycles. The molecule has 0 N–H and O–H groups in total. The normalized spacial score (nSPS) is 19.8. The first-order chi connectivity index (χ1) is 11.7. The van der Waals surface area contributed by atoms with Crippen LogP contribution in [0.15, 0.2) is 60.7 Å². The van der Waals surface area contributed by atoms with Gasteiger partial charge < -0.3 is 4.74 Å². The van der Waals surface area contributed by atoms with E-state index in [1.165, 1.54) is 17.3 Å². The topological polar surface area (TPSA) is 29.5 Å². The number of thioether (sulfide) groups is 1. The van der Waals surface area contributed by atoms with Crippen molar-refractivity contribution in [3.05, 3.63) is 71.8 Å². The number of hydrogen-bond donors (Lipinski definition) is 0. The summed E-state index contributed by atoms with van der Waals surface area (Å²) in [6.07, 6.45) is 0.0266. The predicted octanol–water partition coefficient (Wildman–Crippen LogP) is 3.91. The molecule has 0 bridgehead atoms. The number of hydrogen-bond acceptors (Lipinski definition) is 4. The molecule has 1 aliphatic rings. The minimum Gasteiger partial charge on any atom is -0.374 e. The molecule has 1 saturated heterocycles. The van der Waals surface area contributed by atoms with E-state index in [0.717, 1.165) is 25.2 Å². The highest BCUT2D eigenvalue weighted by Crippen LogP contribution is 2.35. The lowest BCUT2D eigenvalue weighted by Gasteiger charge is -2.36. The van der Waals surface area contributed by atoms with Crippen molar-refractivity contribution < 1.29 is 9.53 Å². The first-order valence-corrected chi connectivity index (χ1v) is 9.20. The first kappa shape index (κ1) is 17.2. The zero-order chi connectivity index (χ0) is 16.8. The summed E-state index contributed by atoms with van der Waals surface area (Å²) in [5.74, 6) is 0. The van der Waals surface area contributed by atoms with Crippen LogP contribution in [0.25, 0.3) is 0 Å². The predicted molar refractivity (Wildman–Crippen MR) is 98.9 cm³/mol. The molecule has 4 heteroatoms. The summed E-state index contributed by atoms with van der Waals surface area (Å²) in [5.41, 5.74) is 2.47. The molecular formula is C20H23NO2S. The summed E-state index contributed by atoms with van der Waals surface area (Å²) in [5, 5.41) is 0.176. The number of carbonyl (C=O) groups excluding carboxylic acids is 1. The van der Waals surface area contributed by atoms with E-state index >= 15 is 0 Å². The summed E-state index contributed by atoms with van der Waals surface area (Å²) in [6, 6.07) is 20.7. The highest BCUT2D eigenvalue weighted by molar-refractivity contribution is 8.13. The van der Waals surface area contributed by atoms with Crippen molar-refractivity contribution in [2.75, 3.05) is 19.7 Å². The average Bonchev–Trinajstić information content (AvgIpc) is 2.61. The summed E-state index contributed by atoms with van der Waals surface area (Å²) in [7, 11) is 0. The Bertz CT molecular complexity index is 647. The standard InChI is InChI=1S/C20H23NO2S/c1-16(22)24-20(18-10-6-3-7-11-18)19-15-21(12-13-23-19)14-17-8-4-2-5-9-17/h2-11,19-20H,12-15H2,1H3/t19-,20-/m0/s1. The van der Waals surface area contributed by atoms with Gasteiger partial charge in [-0.3, -0.25) is 9.69 Å². The Labute approximate surface area is 148 Å². The van der Waals surface area contributed by atoms with Crippen molar-refractivity contribution in [3.8, 4) is 0 Å². The van der Waals surface area contributed by atoms with Gasteiger partial charge in [0.1, 0.15) is 0 Å². The SMILES string of the molecule is CC(=O)S[C@@H](c1ccccc1)[C@@H]1CN(Cc2ccccc2)CCO1. The second-order valence-electron chi connectivity index (χ2n) is 6.07. The maximum absolute atomic E-state index is 11.7. The lowest BCUT2D eigenvalue weighted by Crippen LogP contribution is -2.44. The van der Waals surface area contributed by atoms with Gasteiger partial charge in [-0.05, 0) is 11.1 Å². The molecule has 0 amide bonds. The molecule has 1 heterocycles. The number of nitrogens with zero attached hydrogens (tertiary/aromatic N) is 1. The average molecular weight is 341 g/mol. The maximum atomic E-state index is 11.7. The number of benzene rings is 2. The van der Waals surface area contributed by atoms with Crippen molar-refractivity contribution in [1.82, 2.24) is 4.90 Å². The lowest BCUT2D eigenvalue weighted by molar-refractivity contribution is -0.109. The third-order valence-corrected chi connectivity index (χ3v) is 5.35. The van der Waals surface area contributed by atoms with E-state index in [0.29, 0.717) is 6.61 Å². The fourth-order valence-corrected chi connectivity index (χ4v) is 4.05. The molecule has 0 saturated carbocycles. The lowest BCUT2D eigenvalue weighted by atomic mass is 10.1. The molecular weight excluding hydrogens is 318 g/mol. The van der Waals surface area contributed by atoms with Gasteiger partial charge in [-0.1, -0.05) is 72.4 Å². The number of morpholine rings is 1. The number of rotatable bonds is 5. The van der Waals surface area contributed by atoms with Gasteiger partial charge in [-0.25, -0.2) is 0 Å². The third kappa shape index (κ3) is 4.69. The quantitative estimate of drug-likeness (QED) is 0.825. The molecule has 2 atom stereocenters. The molecule has 0 spiro atoms. The van der Waals surface area contributed by atoms with Crippen LogP contribution in [0, 0.1) is 0 Å². The van der Waals surface area contributed by atoms with Crippen LogP contribution in [-0.2, 0) is 16.1 Å². The van der Waals surface area contributed by atoms with Gasteiger partial charge in [-0.2, -0.15) is 0 Å². The fraction of sp³-hybridized carbons (Fsp3) is 0.350. The molecule has 2 aromatic carbocycles. The molecule has 3 nitrogen and oxygen atoms in total. The van der Waals surface area contributed by atoms with Crippen molar-refractivity contribution >= 4 is 16.9 Å². The summed E-state index contributed by atoms with van der Waals surface area (Å²) in [4.78, 5) is 14.2. The van der Waals surface area contributed by atoms with Gasteiger partial charge in [0.25, 0.3) is 0 Å². The van der Waals surface area contributed by atoms with E-state index in [4.69, 9.17) is 4.74 Å². The molecule has 2 aromatic rings. The molecule has 0 aromatic heterocycles. The minimum absolute atomic E-state index is 0.0266. The molecule has 3 rings (SSSR count). The van der Waals surface area contributed by atoms with Crippen LogP contribution in [-0.4, -0.2) is 35.8 Å². The highest BCUT2D eigenvalue weighted by Gasteiger charge is 2.30. The van der Waals surface area contributed by atoms with Gasteiger partial charge in [0.2, 0.25) is 0 Å². The summed E-state index contributed by atoms with van der Waals surface area (Å²) >= 11 is 1.38. The van der Waals surface area contributed by atoms with Crippen LogP contribution in [0.2, 0.25) is 0 Å². The van der Waals surface area contributed by atoms with Gasteiger partial charge in [0.15, 0.2) is 5.12 Å². The molecule has 0 radical (unpaired) electrons. The molecule has 1 aliphatic heterocycles. The highest BCUT2D eigenvalue weighted by atomic mass is 32.2. The third-order valence-electron chi connectivity index (χ3n) is 4.19. The summed E-state index contributed by atoms with van der Waals surface area (Å²) in [6.45, 7) is 5.03. The zero-order valence-electron chi connectivity index (χ0n) is 13.9. The van der Waals surface area contributed by atoms with Crippen LogP contribution in [0.1, 0.15) is 23.3 Å². The largest absolute Gasteiger partial charge is 0.374 e. The fourth-order valence-electron chi connectivity index (χ4n) is 3.08. The smallest absolute Gasteiger partial charge is 0.186 e. The maximum Gasteiger partial charge on any atom is 0.186 e. The molecule has 24 heavy (non-hydrogen) atoms. The van der Waals surface area contributed by atoms with Gasteiger partial charge >= 0.3 is 0 Å². The van der Waals surface area contributed by atoms with E-state index in [-0.39, 0.29) is 16.5 Å². The molecule has 0 unspecified atom stereocenters. The second-order valence-corrected chi connectivity index (χ2v) is 7.39. The van der Waals surface area contributed by atoms with Gasteiger partial charge in [0, 0.05) is 26.6 Å². The van der Waals surface area contributed by atoms with E-state index < -0.39 is 0 Å². The Hall–Kier alpha value is -1.62. The number of carbonyl (C=O) groups is 1. The van der Waals surface area contributed by atoms with Crippen molar-refractivity contribution in [2.24, 2.45) is 0 Å². The van der Waals surface area contributed by atoms with E-state index in [2.05, 4.69) is 41.3 Å². The monoisotopic (exact) mass is 341 g/mol. The summed E-state index contributed by atoms with van der Waals surface area (Å²) < 4.78 is 6.05. The van der Waals surface area contributed by atoms with Crippen LogP contribution >= 0.6 is 11.8 Å². The Kier molecular flexibility index (Phi) is 6.07. The van der Waals surface area contributed by atoms with E-state index in [9.17, 15) is 4.79 Å². The zero-order valence-corrected chi connectivity index (χ0v) is 14.7. The van der Waals surface area contributed by atoms with E-state index in [1.807, 2.05) is 24.3 Å². The van der Waals surface area contributed by atoms with E-state index in [1.54, 1.807) is 6.92 Å². The van der Waals surface area contributed by atoms with Crippen LogP contribution < -0.4 is 0 Å². The van der Waals surface area contributed by atoms with Gasteiger partial charge in [-0.15, -0.1) is 0 Å². The molecule has 1 fully saturated rings. The Balaban J connectivity index is 1.72. The second kappa shape index (κ2) is 8.47. The van der Waals surface area contributed by atoms with Crippen LogP contribution in [0.3, 0.4) is 0 Å². The van der Waals surface area contributed by atoms with Crippen molar-refractivity contribution in [2.45, 2.75) is 24.8 Å². The molecule has 126 valence electrons. The minimum atomic E-state index is 0.0266. The van der Waals surface area contributed by atoms with Crippen molar-refractivity contribution in [1.29, 1.82) is 0 Å². The van der Waals surface area contributed by atoms with Gasteiger partial charge in [0.05, 0.1) is 18.0 Å². The Morgan fingerprint density at radius 3 is 2.50 bits per heavy atom. The first-order valence-electron chi connectivity index (χ1n) is 8.32.